The van der Waals surface area contributed by atoms with E-state index >= 15 is 0 Å². The van der Waals surface area contributed by atoms with Gasteiger partial charge in [-0.2, -0.15) is 14.5 Å². The molecule has 0 unspecified atom stereocenters. The van der Waals surface area contributed by atoms with Gasteiger partial charge in [0.1, 0.15) is 0 Å². The van der Waals surface area contributed by atoms with E-state index in [1.165, 1.54) is 0 Å². The second kappa shape index (κ2) is 4.67. The topological polar surface area (TPSA) is 42.7 Å². The zero-order chi connectivity index (χ0) is 13.3. The molecule has 0 spiro atoms. The molecule has 0 saturated heterocycles. The normalized spacial score (nSPS) is 10.7. The van der Waals surface area contributed by atoms with Crippen LogP contribution in [0, 0.1) is 24.5 Å². The van der Waals surface area contributed by atoms with Crippen molar-refractivity contribution in [3.05, 3.63) is 41.1 Å². The molecule has 0 amide bonds. The molecule has 0 aliphatic heterocycles. The van der Waals surface area contributed by atoms with Crippen molar-refractivity contribution in [1.82, 2.24) is 14.8 Å². The number of nitrogens with zero attached hydrogens (tertiary/aromatic N) is 3. The summed E-state index contributed by atoms with van der Waals surface area (Å²) in [6.45, 7) is 2.08. The number of hydrogen-bond donors (Lipinski definition) is 1. The van der Waals surface area contributed by atoms with Crippen molar-refractivity contribution in [2.24, 2.45) is 7.05 Å². The maximum absolute atomic E-state index is 13.3. The van der Waals surface area contributed by atoms with Gasteiger partial charge in [0, 0.05) is 30.9 Å². The van der Waals surface area contributed by atoms with Crippen LogP contribution in [0.25, 0.3) is 0 Å². The van der Waals surface area contributed by atoms with Gasteiger partial charge in [-0.15, -0.1) is 0 Å². The first kappa shape index (κ1) is 12.4. The molecule has 2 aromatic heterocycles. The fourth-order valence-electron chi connectivity index (χ4n) is 1.46. The summed E-state index contributed by atoms with van der Waals surface area (Å²) in [5, 5.41) is 6.62. The second-order valence-electron chi connectivity index (χ2n) is 3.82. The van der Waals surface area contributed by atoms with E-state index in [1.807, 2.05) is 6.92 Å². The van der Waals surface area contributed by atoms with Crippen LogP contribution in [0.1, 0.15) is 11.3 Å². The first-order chi connectivity index (χ1) is 8.49. The van der Waals surface area contributed by atoms with Gasteiger partial charge in [-0.3, -0.25) is 4.68 Å². The van der Waals surface area contributed by atoms with Gasteiger partial charge in [0.15, 0.2) is 17.5 Å². The smallest absolute Gasteiger partial charge is 0.251 e. The average molecular weight is 256 g/mol. The maximum Gasteiger partial charge on any atom is 0.251 e. The van der Waals surface area contributed by atoms with Crippen LogP contribution >= 0.6 is 0 Å². The van der Waals surface area contributed by atoms with Crippen LogP contribution in [0.2, 0.25) is 0 Å². The van der Waals surface area contributed by atoms with Crippen molar-refractivity contribution in [1.29, 1.82) is 0 Å². The monoisotopic (exact) mass is 256 g/mol. The summed E-state index contributed by atoms with van der Waals surface area (Å²) in [6, 6.07) is 0.459. The lowest BCUT2D eigenvalue weighted by molar-refractivity contribution is 0.466. The molecule has 1 N–H and O–H groups in total. The van der Waals surface area contributed by atoms with Gasteiger partial charge < -0.3 is 5.32 Å². The number of hydrogen-bond acceptors (Lipinski definition) is 3. The first-order valence-electron chi connectivity index (χ1n) is 5.22. The summed E-state index contributed by atoms with van der Waals surface area (Å²) in [7, 11) is 1.77. The molecule has 96 valence electrons. The van der Waals surface area contributed by atoms with Crippen LogP contribution in [0.15, 0.2) is 12.3 Å². The number of aromatic nitrogens is 3. The molecule has 2 rings (SSSR count). The summed E-state index contributed by atoms with van der Waals surface area (Å²) in [5.74, 6) is -3.90. The Hall–Kier alpha value is -2.05. The van der Waals surface area contributed by atoms with Crippen molar-refractivity contribution in [3.8, 4) is 0 Å². The Balaban J connectivity index is 2.16. The van der Waals surface area contributed by atoms with E-state index in [-0.39, 0.29) is 12.4 Å². The van der Waals surface area contributed by atoms with E-state index in [0.717, 1.165) is 11.3 Å². The molecule has 7 heteroatoms. The Bertz CT molecular complexity index is 580. The second-order valence-corrected chi connectivity index (χ2v) is 3.82. The Kier molecular flexibility index (Phi) is 3.22. The van der Waals surface area contributed by atoms with Crippen LogP contribution in [0.3, 0.4) is 0 Å². The zero-order valence-electron chi connectivity index (χ0n) is 9.84. The van der Waals surface area contributed by atoms with Gasteiger partial charge in [0.2, 0.25) is 0 Å². The highest BCUT2D eigenvalue weighted by Crippen LogP contribution is 2.16. The number of nitrogens with one attached hydrogen (secondary N) is 1. The highest BCUT2D eigenvalue weighted by Gasteiger charge is 2.12. The Morgan fingerprint density at radius 1 is 1.28 bits per heavy atom. The van der Waals surface area contributed by atoms with Gasteiger partial charge in [-0.1, -0.05) is 0 Å². The van der Waals surface area contributed by atoms with E-state index in [1.54, 1.807) is 17.9 Å². The molecule has 2 aromatic rings. The fourth-order valence-corrected chi connectivity index (χ4v) is 1.46. The van der Waals surface area contributed by atoms with E-state index in [4.69, 9.17) is 0 Å². The molecule has 0 atom stereocenters. The molecule has 0 aliphatic rings. The Labute approximate surface area is 101 Å². The maximum atomic E-state index is 13.3. The summed E-state index contributed by atoms with van der Waals surface area (Å²) in [5.41, 5.74) is 1.72. The summed E-state index contributed by atoms with van der Waals surface area (Å²) in [4.78, 5) is 3.17. The lowest BCUT2D eigenvalue weighted by atomic mass is 10.2. The largest absolute Gasteiger partial charge is 0.363 e. The third-order valence-corrected chi connectivity index (χ3v) is 2.67. The van der Waals surface area contributed by atoms with Crippen molar-refractivity contribution in [3.63, 3.8) is 0 Å². The minimum absolute atomic E-state index is 0.231. The molecular weight excluding hydrogens is 245 g/mol. The van der Waals surface area contributed by atoms with Crippen LogP contribution < -0.4 is 5.32 Å². The zero-order valence-corrected chi connectivity index (χ0v) is 9.84. The van der Waals surface area contributed by atoms with E-state index in [2.05, 4.69) is 15.4 Å². The SMILES string of the molecule is Cc1c(CNc2nc(F)c(F)cc2F)cnn1C. The number of anilines is 1. The third kappa shape index (κ3) is 2.29. The highest BCUT2D eigenvalue weighted by molar-refractivity contribution is 5.37. The van der Waals surface area contributed by atoms with E-state index in [0.29, 0.717) is 6.07 Å². The van der Waals surface area contributed by atoms with Gasteiger partial charge in [-0.25, -0.2) is 8.78 Å². The number of aryl methyl sites for hydroxylation is 1. The number of halogens is 3. The average Bonchev–Trinajstić information content (AvgIpc) is 2.63. The number of pyridine rings is 1. The summed E-state index contributed by atoms with van der Waals surface area (Å²) < 4.78 is 40.5. The lowest BCUT2D eigenvalue weighted by Gasteiger charge is -2.06. The van der Waals surface area contributed by atoms with Crippen molar-refractivity contribution in [2.45, 2.75) is 13.5 Å². The molecule has 0 bridgehead atoms. The molecule has 2 heterocycles. The standard InChI is InChI=1S/C11H11F3N4/c1-6-7(5-16-18(6)2)4-15-11-9(13)3-8(12)10(14)17-11/h3,5H,4H2,1-2H3,(H,15,17). The van der Waals surface area contributed by atoms with Gasteiger partial charge >= 0.3 is 0 Å². The van der Waals surface area contributed by atoms with Gasteiger partial charge in [0.05, 0.1) is 6.20 Å². The first-order valence-corrected chi connectivity index (χ1v) is 5.22. The quantitative estimate of drug-likeness (QED) is 0.856. The molecule has 0 aliphatic carbocycles. The lowest BCUT2D eigenvalue weighted by Crippen LogP contribution is -2.07. The fraction of sp³-hybridized carbons (Fsp3) is 0.273. The molecule has 0 saturated carbocycles. The van der Waals surface area contributed by atoms with Crippen LogP contribution in [0.5, 0.6) is 0 Å². The minimum atomic E-state index is -1.33. The Morgan fingerprint density at radius 2 is 2.00 bits per heavy atom. The van der Waals surface area contributed by atoms with Crippen molar-refractivity contribution >= 4 is 5.82 Å². The molecule has 18 heavy (non-hydrogen) atoms. The molecule has 0 radical (unpaired) electrons. The molecule has 4 nitrogen and oxygen atoms in total. The number of rotatable bonds is 3. The third-order valence-electron chi connectivity index (χ3n) is 2.67. The summed E-state index contributed by atoms with van der Waals surface area (Å²) >= 11 is 0. The van der Waals surface area contributed by atoms with Crippen molar-refractivity contribution in [2.75, 3.05) is 5.32 Å². The molecular formula is C11H11F3N4. The van der Waals surface area contributed by atoms with Crippen LogP contribution in [-0.2, 0) is 13.6 Å². The van der Waals surface area contributed by atoms with E-state index < -0.39 is 17.6 Å². The predicted molar refractivity (Wildman–Crippen MR) is 59.4 cm³/mol. The van der Waals surface area contributed by atoms with Gasteiger partial charge in [-0.05, 0) is 6.92 Å². The highest BCUT2D eigenvalue weighted by atomic mass is 19.2. The van der Waals surface area contributed by atoms with Crippen molar-refractivity contribution < 1.29 is 13.2 Å². The molecule has 0 fully saturated rings. The summed E-state index contributed by atoms with van der Waals surface area (Å²) in [6.07, 6.45) is 1.61. The van der Waals surface area contributed by atoms with Gasteiger partial charge in [0.25, 0.3) is 5.95 Å². The van der Waals surface area contributed by atoms with Crippen LogP contribution in [-0.4, -0.2) is 14.8 Å². The van der Waals surface area contributed by atoms with Crippen LogP contribution in [0.4, 0.5) is 19.0 Å². The Morgan fingerprint density at radius 3 is 2.61 bits per heavy atom. The molecule has 0 aromatic carbocycles. The predicted octanol–water partition coefficient (Wildman–Crippen LogP) is 2.15. The van der Waals surface area contributed by atoms with E-state index in [9.17, 15) is 13.2 Å². The minimum Gasteiger partial charge on any atom is -0.363 e.